The third-order valence-electron chi connectivity index (χ3n) is 3.65. The van der Waals surface area contributed by atoms with E-state index >= 15 is 0 Å². The van der Waals surface area contributed by atoms with Crippen LogP contribution in [0.5, 0.6) is 0 Å². The summed E-state index contributed by atoms with van der Waals surface area (Å²) in [7, 11) is 1.99. The van der Waals surface area contributed by atoms with E-state index in [0.29, 0.717) is 24.7 Å². The lowest BCUT2D eigenvalue weighted by molar-refractivity contribution is -0.0361. The molecule has 7 nitrogen and oxygen atoms in total. The van der Waals surface area contributed by atoms with E-state index in [1.807, 2.05) is 17.8 Å². The maximum absolute atomic E-state index is 11.6. The Labute approximate surface area is 122 Å². The third kappa shape index (κ3) is 3.20. The SMILES string of the molecule is Cc1nc([C@H]2CN(Cc3nccn3C)CCO2)cc(=O)[nH]1. The minimum absolute atomic E-state index is 0.137. The van der Waals surface area contributed by atoms with Crippen molar-refractivity contribution < 1.29 is 4.74 Å². The summed E-state index contributed by atoms with van der Waals surface area (Å²) < 4.78 is 7.78. The number of H-pyrrole nitrogens is 1. The summed E-state index contributed by atoms with van der Waals surface area (Å²) in [5.41, 5.74) is 0.558. The summed E-state index contributed by atoms with van der Waals surface area (Å²) >= 11 is 0. The second-order valence-electron chi connectivity index (χ2n) is 5.30. The molecule has 1 aliphatic heterocycles. The molecule has 3 rings (SSSR count). The van der Waals surface area contributed by atoms with Gasteiger partial charge >= 0.3 is 0 Å². The van der Waals surface area contributed by atoms with Gasteiger partial charge in [0.1, 0.15) is 17.8 Å². The van der Waals surface area contributed by atoms with Crippen molar-refractivity contribution in [1.82, 2.24) is 24.4 Å². The van der Waals surface area contributed by atoms with Crippen LogP contribution in [-0.2, 0) is 18.3 Å². The summed E-state index contributed by atoms with van der Waals surface area (Å²) in [6, 6.07) is 1.52. The van der Waals surface area contributed by atoms with Gasteiger partial charge in [-0.25, -0.2) is 9.97 Å². The molecule has 0 bridgehead atoms. The summed E-state index contributed by atoms with van der Waals surface area (Å²) in [6.07, 6.45) is 3.57. The summed E-state index contributed by atoms with van der Waals surface area (Å²) in [5.74, 6) is 1.63. The van der Waals surface area contributed by atoms with E-state index < -0.39 is 0 Å². The van der Waals surface area contributed by atoms with Crippen molar-refractivity contribution in [2.24, 2.45) is 7.05 Å². The van der Waals surface area contributed by atoms with E-state index in [-0.39, 0.29) is 11.7 Å². The molecule has 2 aromatic rings. The lowest BCUT2D eigenvalue weighted by Gasteiger charge is -2.32. The summed E-state index contributed by atoms with van der Waals surface area (Å²) in [6.45, 7) is 4.74. The highest BCUT2D eigenvalue weighted by Crippen LogP contribution is 2.20. The molecule has 21 heavy (non-hydrogen) atoms. The molecular formula is C14H19N5O2. The highest BCUT2D eigenvalue weighted by molar-refractivity contribution is 5.07. The molecule has 0 unspecified atom stereocenters. The molecule has 0 aliphatic carbocycles. The molecule has 0 aromatic carbocycles. The van der Waals surface area contributed by atoms with E-state index in [2.05, 4.69) is 19.9 Å². The molecule has 1 atom stereocenters. The van der Waals surface area contributed by atoms with Gasteiger partial charge in [-0.3, -0.25) is 9.69 Å². The van der Waals surface area contributed by atoms with Crippen molar-refractivity contribution in [2.45, 2.75) is 19.6 Å². The third-order valence-corrected chi connectivity index (χ3v) is 3.65. The number of nitrogens with zero attached hydrogens (tertiary/aromatic N) is 4. The first-order valence-electron chi connectivity index (χ1n) is 7.00. The first-order chi connectivity index (χ1) is 10.1. The van der Waals surface area contributed by atoms with E-state index in [1.165, 1.54) is 6.07 Å². The summed E-state index contributed by atoms with van der Waals surface area (Å²) in [5, 5.41) is 0. The van der Waals surface area contributed by atoms with Crippen LogP contribution in [0, 0.1) is 6.92 Å². The number of aromatic amines is 1. The van der Waals surface area contributed by atoms with E-state index in [4.69, 9.17) is 4.74 Å². The topological polar surface area (TPSA) is 76.0 Å². The average Bonchev–Trinajstić information content (AvgIpc) is 2.84. The van der Waals surface area contributed by atoms with Crippen molar-refractivity contribution >= 4 is 0 Å². The Morgan fingerprint density at radius 2 is 2.38 bits per heavy atom. The predicted molar refractivity (Wildman–Crippen MR) is 76.8 cm³/mol. The molecule has 112 valence electrons. The Bertz CT molecular complexity index is 678. The minimum atomic E-state index is -0.167. The van der Waals surface area contributed by atoms with Crippen LogP contribution >= 0.6 is 0 Å². The number of imidazole rings is 1. The quantitative estimate of drug-likeness (QED) is 0.884. The number of ether oxygens (including phenoxy) is 1. The highest BCUT2D eigenvalue weighted by Gasteiger charge is 2.24. The zero-order valence-electron chi connectivity index (χ0n) is 12.2. The fourth-order valence-corrected chi connectivity index (χ4v) is 2.54. The Kier molecular flexibility index (Phi) is 3.85. The second-order valence-corrected chi connectivity index (χ2v) is 5.30. The Hall–Kier alpha value is -1.99. The van der Waals surface area contributed by atoms with Gasteiger partial charge in [0.2, 0.25) is 0 Å². The van der Waals surface area contributed by atoms with Gasteiger partial charge in [-0.2, -0.15) is 0 Å². The van der Waals surface area contributed by atoms with Crippen LogP contribution in [0.25, 0.3) is 0 Å². The number of hydrogen-bond donors (Lipinski definition) is 1. The first kappa shape index (κ1) is 14.0. The number of aryl methyl sites for hydroxylation is 2. The van der Waals surface area contributed by atoms with E-state index in [1.54, 1.807) is 13.1 Å². The van der Waals surface area contributed by atoms with Crippen molar-refractivity contribution in [3.8, 4) is 0 Å². The lowest BCUT2D eigenvalue weighted by atomic mass is 10.2. The van der Waals surface area contributed by atoms with E-state index in [0.717, 1.165) is 18.9 Å². The predicted octanol–water partition coefficient (Wildman–Crippen LogP) is 0.385. The molecule has 2 aromatic heterocycles. The number of morpholine rings is 1. The second kappa shape index (κ2) is 5.79. The largest absolute Gasteiger partial charge is 0.369 e. The van der Waals surface area contributed by atoms with Crippen LogP contribution in [0.4, 0.5) is 0 Å². The van der Waals surface area contributed by atoms with Crippen molar-refractivity contribution in [3.63, 3.8) is 0 Å². The van der Waals surface area contributed by atoms with E-state index in [9.17, 15) is 4.79 Å². The highest BCUT2D eigenvalue weighted by atomic mass is 16.5. The van der Waals surface area contributed by atoms with Crippen molar-refractivity contribution in [2.75, 3.05) is 19.7 Å². The fraction of sp³-hybridized carbons (Fsp3) is 0.500. The van der Waals surface area contributed by atoms with Gasteiger partial charge in [0.15, 0.2) is 0 Å². The molecule has 1 saturated heterocycles. The Morgan fingerprint density at radius 3 is 3.10 bits per heavy atom. The van der Waals surface area contributed by atoms with Gasteiger partial charge in [0, 0.05) is 38.6 Å². The maximum Gasteiger partial charge on any atom is 0.251 e. The number of aromatic nitrogens is 4. The van der Waals surface area contributed by atoms with Gasteiger partial charge in [0.25, 0.3) is 5.56 Å². The molecule has 1 fully saturated rings. The molecule has 1 N–H and O–H groups in total. The number of hydrogen-bond acceptors (Lipinski definition) is 5. The van der Waals surface area contributed by atoms with Crippen LogP contribution in [0.1, 0.15) is 23.4 Å². The standard InChI is InChI=1S/C14H19N5O2/c1-10-16-11(7-14(20)17-10)12-8-19(5-6-21-12)9-13-15-3-4-18(13)2/h3-4,7,12H,5-6,8-9H2,1-2H3,(H,16,17,20)/t12-/m1/s1. The zero-order chi connectivity index (χ0) is 14.8. The van der Waals surface area contributed by atoms with Gasteiger partial charge in [0.05, 0.1) is 18.8 Å². The minimum Gasteiger partial charge on any atom is -0.369 e. The smallest absolute Gasteiger partial charge is 0.251 e. The molecule has 7 heteroatoms. The Morgan fingerprint density at radius 1 is 1.52 bits per heavy atom. The molecular weight excluding hydrogens is 270 g/mol. The average molecular weight is 289 g/mol. The van der Waals surface area contributed by atoms with Gasteiger partial charge in [-0.15, -0.1) is 0 Å². The lowest BCUT2D eigenvalue weighted by Crippen LogP contribution is -2.39. The van der Waals surface area contributed by atoms with Gasteiger partial charge in [-0.05, 0) is 6.92 Å². The van der Waals surface area contributed by atoms with Crippen LogP contribution in [0.3, 0.4) is 0 Å². The van der Waals surface area contributed by atoms with Crippen LogP contribution < -0.4 is 5.56 Å². The molecule has 0 spiro atoms. The van der Waals surface area contributed by atoms with Crippen LogP contribution in [0.2, 0.25) is 0 Å². The normalized spacial score (nSPS) is 19.8. The maximum atomic E-state index is 11.6. The molecule has 3 heterocycles. The fourth-order valence-electron chi connectivity index (χ4n) is 2.54. The molecule has 1 aliphatic rings. The Balaban J connectivity index is 1.73. The van der Waals surface area contributed by atoms with Crippen LogP contribution in [-0.4, -0.2) is 44.1 Å². The first-order valence-corrected chi connectivity index (χ1v) is 7.00. The van der Waals surface area contributed by atoms with Crippen molar-refractivity contribution in [1.29, 1.82) is 0 Å². The van der Waals surface area contributed by atoms with Gasteiger partial charge in [-0.1, -0.05) is 0 Å². The van der Waals surface area contributed by atoms with Gasteiger partial charge < -0.3 is 14.3 Å². The van der Waals surface area contributed by atoms with Crippen LogP contribution in [0.15, 0.2) is 23.3 Å². The number of rotatable bonds is 3. The molecule has 0 amide bonds. The number of nitrogens with one attached hydrogen (secondary N) is 1. The zero-order valence-corrected chi connectivity index (χ0v) is 12.2. The summed E-state index contributed by atoms with van der Waals surface area (Å²) in [4.78, 5) is 25.2. The molecule has 0 radical (unpaired) electrons. The molecule has 0 saturated carbocycles. The monoisotopic (exact) mass is 289 g/mol. The van der Waals surface area contributed by atoms with Crippen molar-refractivity contribution in [3.05, 3.63) is 46.2 Å².